The van der Waals surface area contributed by atoms with Crippen LogP contribution in [-0.2, 0) is 6.54 Å². The molecule has 72 valence electrons. The van der Waals surface area contributed by atoms with Crippen molar-refractivity contribution in [3.8, 4) is 0 Å². The Morgan fingerprint density at radius 1 is 1.62 bits per heavy atom. The average molecular weight is 179 g/mol. The topological polar surface area (TPSA) is 21.1 Å². The molecular formula is C10H17N3. The molecule has 1 aromatic heterocycles. The summed E-state index contributed by atoms with van der Waals surface area (Å²) in [7, 11) is 2.19. The Bertz CT molecular complexity index is 279. The van der Waals surface area contributed by atoms with Gasteiger partial charge < -0.3 is 9.47 Å². The van der Waals surface area contributed by atoms with E-state index in [4.69, 9.17) is 0 Å². The van der Waals surface area contributed by atoms with Gasteiger partial charge in [-0.25, -0.2) is 4.98 Å². The lowest BCUT2D eigenvalue weighted by Crippen LogP contribution is -2.16. The second-order valence-corrected chi connectivity index (χ2v) is 4.13. The molecule has 2 heterocycles. The molecule has 0 N–H and O–H groups in total. The van der Waals surface area contributed by atoms with Gasteiger partial charge in [0.1, 0.15) is 0 Å². The fraction of sp³-hybridized carbons (Fsp3) is 0.700. The number of imidazole rings is 1. The van der Waals surface area contributed by atoms with Crippen molar-refractivity contribution in [2.45, 2.75) is 19.9 Å². The van der Waals surface area contributed by atoms with Gasteiger partial charge in [-0.2, -0.15) is 0 Å². The normalized spacial score (nSPS) is 24.0. The minimum atomic E-state index is 0.818. The van der Waals surface area contributed by atoms with E-state index in [1.807, 2.05) is 13.3 Å². The molecule has 3 heteroatoms. The zero-order valence-corrected chi connectivity index (χ0v) is 8.40. The van der Waals surface area contributed by atoms with E-state index in [0.29, 0.717) is 0 Å². The van der Waals surface area contributed by atoms with Crippen LogP contribution in [0.2, 0.25) is 0 Å². The number of rotatable bonds is 2. The Labute approximate surface area is 79.4 Å². The van der Waals surface area contributed by atoms with E-state index < -0.39 is 0 Å². The Kier molecular flexibility index (Phi) is 2.36. The van der Waals surface area contributed by atoms with Crippen LogP contribution in [-0.4, -0.2) is 34.6 Å². The van der Waals surface area contributed by atoms with Crippen LogP contribution in [0.15, 0.2) is 12.5 Å². The van der Waals surface area contributed by atoms with E-state index in [9.17, 15) is 0 Å². The summed E-state index contributed by atoms with van der Waals surface area (Å²) in [5, 5.41) is 0. The van der Waals surface area contributed by atoms with Crippen molar-refractivity contribution < 1.29 is 0 Å². The summed E-state index contributed by atoms with van der Waals surface area (Å²) in [5.74, 6) is 0.818. The predicted molar refractivity (Wildman–Crippen MR) is 52.6 cm³/mol. The van der Waals surface area contributed by atoms with E-state index in [2.05, 4.69) is 27.7 Å². The molecule has 0 aromatic carbocycles. The number of aromatic nitrogens is 2. The van der Waals surface area contributed by atoms with Crippen LogP contribution in [0, 0.1) is 12.8 Å². The van der Waals surface area contributed by atoms with E-state index in [-0.39, 0.29) is 0 Å². The third-order valence-electron chi connectivity index (χ3n) is 2.72. The molecule has 0 aliphatic carbocycles. The van der Waals surface area contributed by atoms with Crippen LogP contribution in [0.5, 0.6) is 0 Å². The maximum absolute atomic E-state index is 4.23. The van der Waals surface area contributed by atoms with Gasteiger partial charge in [-0.15, -0.1) is 0 Å². The van der Waals surface area contributed by atoms with Crippen molar-refractivity contribution in [3.63, 3.8) is 0 Å². The third kappa shape index (κ3) is 2.10. The largest absolute Gasteiger partial charge is 0.337 e. The molecule has 1 atom stereocenters. The minimum Gasteiger partial charge on any atom is -0.337 e. The summed E-state index contributed by atoms with van der Waals surface area (Å²) in [5.41, 5.74) is 1.12. The Morgan fingerprint density at radius 2 is 2.46 bits per heavy atom. The van der Waals surface area contributed by atoms with Gasteiger partial charge in [-0.05, 0) is 32.9 Å². The molecule has 0 unspecified atom stereocenters. The molecule has 1 aliphatic heterocycles. The van der Waals surface area contributed by atoms with Crippen molar-refractivity contribution in [1.29, 1.82) is 0 Å². The van der Waals surface area contributed by atoms with Crippen molar-refractivity contribution in [2.75, 3.05) is 20.1 Å². The molecule has 1 aromatic rings. The molecule has 0 radical (unpaired) electrons. The Balaban J connectivity index is 1.91. The summed E-state index contributed by atoms with van der Waals surface area (Å²) < 4.78 is 2.21. The first kappa shape index (κ1) is 8.75. The molecule has 1 saturated heterocycles. The molecular weight excluding hydrogens is 162 g/mol. The summed E-state index contributed by atoms with van der Waals surface area (Å²) in [6, 6.07) is 0. The highest BCUT2D eigenvalue weighted by atomic mass is 15.1. The predicted octanol–water partition coefficient (Wildman–Crippen LogP) is 1.14. The second kappa shape index (κ2) is 3.50. The van der Waals surface area contributed by atoms with Gasteiger partial charge >= 0.3 is 0 Å². The van der Waals surface area contributed by atoms with Gasteiger partial charge in [0.15, 0.2) is 0 Å². The summed E-state index contributed by atoms with van der Waals surface area (Å²) in [6.07, 6.45) is 5.39. The van der Waals surface area contributed by atoms with Crippen LogP contribution < -0.4 is 0 Å². The van der Waals surface area contributed by atoms with Crippen LogP contribution in [0.1, 0.15) is 12.1 Å². The summed E-state index contributed by atoms with van der Waals surface area (Å²) in [6.45, 7) is 5.65. The molecule has 13 heavy (non-hydrogen) atoms. The third-order valence-corrected chi connectivity index (χ3v) is 2.72. The van der Waals surface area contributed by atoms with Crippen LogP contribution >= 0.6 is 0 Å². The van der Waals surface area contributed by atoms with Gasteiger partial charge in [0, 0.05) is 19.3 Å². The van der Waals surface area contributed by atoms with Crippen molar-refractivity contribution in [1.82, 2.24) is 14.5 Å². The van der Waals surface area contributed by atoms with E-state index >= 15 is 0 Å². The lowest BCUT2D eigenvalue weighted by Gasteiger charge is -2.10. The fourth-order valence-corrected chi connectivity index (χ4v) is 2.05. The van der Waals surface area contributed by atoms with Gasteiger partial charge in [-0.1, -0.05) is 0 Å². The van der Waals surface area contributed by atoms with Crippen molar-refractivity contribution >= 4 is 0 Å². The zero-order valence-electron chi connectivity index (χ0n) is 8.40. The number of hydrogen-bond acceptors (Lipinski definition) is 2. The summed E-state index contributed by atoms with van der Waals surface area (Å²) >= 11 is 0. The van der Waals surface area contributed by atoms with Crippen LogP contribution in [0.3, 0.4) is 0 Å². The first-order valence-corrected chi connectivity index (χ1v) is 4.91. The average Bonchev–Trinajstić information content (AvgIpc) is 2.62. The lowest BCUT2D eigenvalue weighted by atomic mass is 10.1. The summed E-state index contributed by atoms with van der Waals surface area (Å²) in [4.78, 5) is 6.62. The molecule has 2 rings (SSSR count). The second-order valence-electron chi connectivity index (χ2n) is 4.13. The highest BCUT2D eigenvalue weighted by Crippen LogP contribution is 2.16. The lowest BCUT2D eigenvalue weighted by molar-refractivity contribution is 0.378. The molecule has 0 saturated carbocycles. The number of hydrogen-bond donors (Lipinski definition) is 0. The molecule has 3 nitrogen and oxygen atoms in total. The maximum Gasteiger partial charge on any atom is 0.0949 e. The standard InChI is InChI=1S/C10H17N3/c1-9-5-13(8-11-9)7-10-3-4-12(2)6-10/h5,8,10H,3-4,6-7H2,1-2H3/t10-/m0/s1. The molecule has 0 spiro atoms. The smallest absolute Gasteiger partial charge is 0.0949 e. The fourth-order valence-electron chi connectivity index (χ4n) is 2.05. The van der Waals surface area contributed by atoms with Crippen LogP contribution in [0.4, 0.5) is 0 Å². The molecule has 1 fully saturated rings. The van der Waals surface area contributed by atoms with E-state index in [1.54, 1.807) is 0 Å². The van der Waals surface area contributed by atoms with Gasteiger partial charge in [0.2, 0.25) is 0 Å². The van der Waals surface area contributed by atoms with Crippen molar-refractivity contribution in [2.24, 2.45) is 5.92 Å². The number of aryl methyl sites for hydroxylation is 1. The van der Waals surface area contributed by atoms with Crippen LogP contribution in [0.25, 0.3) is 0 Å². The Hall–Kier alpha value is -0.830. The van der Waals surface area contributed by atoms with Gasteiger partial charge in [0.25, 0.3) is 0 Å². The monoisotopic (exact) mass is 179 g/mol. The maximum atomic E-state index is 4.23. The molecule has 1 aliphatic rings. The highest BCUT2D eigenvalue weighted by Gasteiger charge is 2.19. The SMILES string of the molecule is Cc1cn(C[C@H]2CCN(C)C2)cn1. The molecule has 0 amide bonds. The Morgan fingerprint density at radius 3 is 3.00 bits per heavy atom. The number of likely N-dealkylation sites (tertiary alicyclic amines) is 1. The highest BCUT2D eigenvalue weighted by molar-refractivity contribution is 4.92. The number of nitrogens with zero attached hydrogens (tertiary/aromatic N) is 3. The minimum absolute atomic E-state index is 0.818. The molecule has 0 bridgehead atoms. The van der Waals surface area contributed by atoms with Crippen molar-refractivity contribution in [3.05, 3.63) is 18.2 Å². The van der Waals surface area contributed by atoms with E-state index in [0.717, 1.165) is 18.2 Å². The van der Waals surface area contributed by atoms with Gasteiger partial charge in [-0.3, -0.25) is 0 Å². The first-order valence-electron chi connectivity index (χ1n) is 4.91. The first-order chi connectivity index (χ1) is 6.24. The van der Waals surface area contributed by atoms with E-state index in [1.165, 1.54) is 19.5 Å². The zero-order chi connectivity index (χ0) is 9.26. The van der Waals surface area contributed by atoms with Gasteiger partial charge in [0.05, 0.1) is 12.0 Å². The quantitative estimate of drug-likeness (QED) is 0.679.